The molecule has 210 valence electrons. The molecule has 2 aromatic heterocycles. The highest BCUT2D eigenvalue weighted by Gasteiger charge is 2.30. The molecule has 3 heterocycles. The van der Waals surface area contributed by atoms with Gasteiger partial charge in [0.1, 0.15) is 16.9 Å². The minimum absolute atomic E-state index is 0.251. The van der Waals surface area contributed by atoms with Gasteiger partial charge < -0.3 is 5.32 Å². The Bertz CT molecular complexity index is 1750. The van der Waals surface area contributed by atoms with Crippen molar-refractivity contribution in [2.24, 2.45) is 0 Å². The van der Waals surface area contributed by atoms with E-state index in [1.807, 2.05) is 6.07 Å². The van der Waals surface area contributed by atoms with Crippen LogP contribution >= 0.6 is 11.7 Å². The summed E-state index contributed by atoms with van der Waals surface area (Å²) in [7, 11) is -1.53. The zero-order valence-electron chi connectivity index (χ0n) is 22.3. The zero-order chi connectivity index (χ0) is 28.4. The fourth-order valence-corrected chi connectivity index (χ4v) is 7.04. The van der Waals surface area contributed by atoms with Crippen molar-refractivity contribution in [3.8, 4) is 11.3 Å². The summed E-state index contributed by atoms with van der Waals surface area (Å²) in [5, 5.41) is 3.11. The third-order valence-corrected chi connectivity index (χ3v) is 9.81. The molecule has 0 bridgehead atoms. The van der Waals surface area contributed by atoms with E-state index in [-0.39, 0.29) is 10.7 Å². The molecular formula is C29H28FN7O2S2. The van der Waals surface area contributed by atoms with Crippen molar-refractivity contribution in [1.82, 2.24) is 27.9 Å². The van der Waals surface area contributed by atoms with E-state index >= 15 is 0 Å². The van der Waals surface area contributed by atoms with Crippen LogP contribution in [0.15, 0.2) is 83.9 Å². The molecule has 1 aliphatic rings. The number of sulfonamides is 1. The lowest BCUT2D eigenvalue weighted by atomic mass is 10.0. The lowest BCUT2D eigenvalue weighted by molar-refractivity contribution is 0.162. The number of benzene rings is 3. The van der Waals surface area contributed by atoms with Crippen LogP contribution in [0.5, 0.6) is 0 Å². The van der Waals surface area contributed by atoms with Gasteiger partial charge in [-0.1, -0.05) is 6.07 Å². The molecule has 9 nitrogen and oxygen atoms in total. The van der Waals surface area contributed by atoms with Crippen molar-refractivity contribution >= 4 is 44.4 Å². The fraction of sp³-hybridized carbons (Fsp3) is 0.241. The Morgan fingerprint density at radius 3 is 2.46 bits per heavy atom. The molecule has 1 N–H and O–H groups in total. The minimum Gasteiger partial charge on any atom is -0.324 e. The van der Waals surface area contributed by atoms with Gasteiger partial charge in [0, 0.05) is 43.1 Å². The monoisotopic (exact) mass is 589 g/mol. The summed E-state index contributed by atoms with van der Waals surface area (Å²) >= 11 is 1.22. The summed E-state index contributed by atoms with van der Waals surface area (Å²) < 4.78 is 50.2. The highest BCUT2D eigenvalue weighted by molar-refractivity contribution is 7.89. The summed E-state index contributed by atoms with van der Waals surface area (Å²) in [5.41, 5.74) is 5.06. The molecule has 0 atom stereocenters. The van der Waals surface area contributed by atoms with Crippen LogP contribution in [-0.2, 0) is 16.6 Å². The highest BCUT2D eigenvalue weighted by Crippen LogP contribution is 2.26. The van der Waals surface area contributed by atoms with Crippen molar-refractivity contribution in [2.75, 3.05) is 25.5 Å². The Labute approximate surface area is 242 Å². The van der Waals surface area contributed by atoms with Crippen LogP contribution in [-0.4, -0.2) is 62.5 Å². The van der Waals surface area contributed by atoms with Gasteiger partial charge in [-0.2, -0.15) is 13.1 Å². The van der Waals surface area contributed by atoms with Gasteiger partial charge in [-0.05, 0) is 92.2 Å². The molecule has 5 aromatic rings. The second kappa shape index (κ2) is 11.6. The SMILES string of the molecule is CN(Cc1ccc2nsnc2c1)C1CCN(S(=O)(=O)c2ccc(Nc3nccc(-c4ccc(F)cc4)n3)cc2)CC1. The number of hydrogen-bond acceptors (Lipinski definition) is 9. The molecule has 0 saturated carbocycles. The van der Waals surface area contributed by atoms with Gasteiger partial charge in [-0.25, -0.2) is 22.8 Å². The molecule has 1 aliphatic heterocycles. The molecule has 41 heavy (non-hydrogen) atoms. The molecule has 0 aliphatic carbocycles. The number of fused-ring (bicyclic) bond motifs is 1. The largest absolute Gasteiger partial charge is 0.324 e. The first-order chi connectivity index (χ1) is 19.8. The van der Waals surface area contributed by atoms with Gasteiger partial charge in [-0.3, -0.25) is 4.90 Å². The molecule has 0 unspecified atom stereocenters. The molecule has 1 saturated heterocycles. The predicted molar refractivity (Wildman–Crippen MR) is 158 cm³/mol. The van der Waals surface area contributed by atoms with E-state index in [4.69, 9.17) is 0 Å². The van der Waals surface area contributed by atoms with Crippen molar-refractivity contribution in [3.05, 3.63) is 90.4 Å². The van der Waals surface area contributed by atoms with Gasteiger partial charge in [0.15, 0.2) is 0 Å². The van der Waals surface area contributed by atoms with Crippen LogP contribution in [0.4, 0.5) is 16.0 Å². The molecule has 12 heteroatoms. The number of hydrogen-bond donors (Lipinski definition) is 1. The van der Waals surface area contributed by atoms with Gasteiger partial charge in [-0.15, -0.1) is 0 Å². The van der Waals surface area contributed by atoms with Crippen LogP contribution in [0.1, 0.15) is 18.4 Å². The van der Waals surface area contributed by atoms with Crippen LogP contribution in [0, 0.1) is 5.82 Å². The first kappa shape index (κ1) is 27.3. The van der Waals surface area contributed by atoms with E-state index in [1.165, 1.54) is 29.4 Å². The van der Waals surface area contributed by atoms with Gasteiger partial charge in [0.25, 0.3) is 0 Å². The lowest BCUT2D eigenvalue weighted by Gasteiger charge is -2.36. The summed E-state index contributed by atoms with van der Waals surface area (Å²) in [6.45, 7) is 1.71. The Hall–Kier alpha value is -3.84. The third kappa shape index (κ3) is 6.10. The molecule has 1 fully saturated rings. The molecule has 3 aromatic carbocycles. The molecule has 6 rings (SSSR count). The third-order valence-electron chi connectivity index (χ3n) is 7.34. The summed E-state index contributed by atoms with van der Waals surface area (Å²) in [6.07, 6.45) is 3.14. The number of halogens is 1. The number of anilines is 2. The Morgan fingerprint density at radius 2 is 1.71 bits per heavy atom. The molecular weight excluding hydrogens is 561 g/mol. The van der Waals surface area contributed by atoms with Crippen LogP contribution in [0.2, 0.25) is 0 Å². The van der Waals surface area contributed by atoms with Crippen molar-refractivity contribution in [3.63, 3.8) is 0 Å². The number of nitrogens with zero attached hydrogens (tertiary/aromatic N) is 6. The average molecular weight is 590 g/mol. The minimum atomic E-state index is -3.61. The maximum atomic E-state index is 13.4. The van der Waals surface area contributed by atoms with Crippen LogP contribution in [0.25, 0.3) is 22.3 Å². The van der Waals surface area contributed by atoms with Gasteiger partial charge in [0.05, 0.1) is 22.3 Å². The van der Waals surface area contributed by atoms with Gasteiger partial charge in [0.2, 0.25) is 16.0 Å². The molecule has 0 amide bonds. The second-order valence-electron chi connectivity index (χ2n) is 10.1. The number of aromatic nitrogens is 4. The topological polar surface area (TPSA) is 104 Å². The van der Waals surface area contributed by atoms with Gasteiger partial charge >= 0.3 is 0 Å². The Balaban J connectivity index is 1.06. The smallest absolute Gasteiger partial charge is 0.243 e. The first-order valence-corrected chi connectivity index (χ1v) is 15.4. The molecule has 0 radical (unpaired) electrons. The quantitative estimate of drug-likeness (QED) is 0.260. The van der Waals surface area contributed by atoms with Crippen molar-refractivity contribution < 1.29 is 12.8 Å². The summed E-state index contributed by atoms with van der Waals surface area (Å²) in [5.74, 6) is 0.0450. The number of nitrogens with one attached hydrogen (secondary N) is 1. The number of piperidine rings is 1. The summed E-state index contributed by atoms with van der Waals surface area (Å²) in [4.78, 5) is 11.3. The van der Waals surface area contributed by atoms with E-state index in [0.29, 0.717) is 36.5 Å². The fourth-order valence-electron chi connectivity index (χ4n) is 5.06. The van der Waals surface area contributed by atoms with Crippen LogP contribution < -0.4 is 5.32 Å². The Kier molecular flexibility index (Phi) is 7.71. The Morgan fingerprint density at radius 1 is 0.976 bits per heavy atom. The van der Waals surface area contributed by atoms with E-state index in [2.05, 4.69) is 48.1 Å². The zero-order valence-corrected chi connectivity index (χ0v) is 23.9. The maximum Gasteiger partial charge on any atom is 0.243 e. The van der Waals surface area contributed by atoms with E-state index in [9.17, 15) is 12.8 Å². The van der Waals surface area contributed by atoms with Crippen LogP contribution in [0.3, 0.4) is 0 Å². The standard InChI is InChI=1S/C29H28FN7O2S2/c1-36(19-20-2-11-27-28(18-20)35-40-34-27)24-13-16-37(17-14-24)41(38,39)25-9-7-23(8-10-25)32-29-31-15-12-26(33-29)21-3-5-22(30)6-4-21/h2-12,15,18,24H,13-14,16-17,19H2,1H3,(H,31,32,33). The van der Waals surface area contributed by atoms with E-state index < -0.39 is 10.0 Å². The van der Waals surface area contributed by atoms with E-state index in [0.717, 1.165) is 36.0 Å². The first-order valence-electron chi connectivity index (χ1n) is 13.2. The van der Waals surface area contributed by atoms with Crippen molar-refractivity contribution in [1.29, 1.82) is 0 Å². The summed E-state index contributed by atoms with van der Waals surface area (Å²) in [6, 6.07) is 20.9. The highest BCUT2D eigenvalue weighted by atomic mass is 32.2. The normalized spacial score (nSPS) is 15.0. The average Bonchev–Trinajstić information content (AvgIpc) is 3.46. The van der Waals surface area contributed by atoms with Crippen molar-refractivity contribution in [2.45, 2.75) is 30.3 Å². The second-order valence-corrected chi connectivity index (χ2v) is 12.5. The number of rotatable bonds is 8. The predicted octanol–water partition coefficient (Wildman–Crippen LogP) is 5.32. The molecule has 0 spiro atoms. The van der Waals surface area contributed by atoms with E-state index in [1.54, 1.807) is 53.0 Å². The lowest BCUT2D eigenvalue weighted by Crippen LogP contribution is -2.45. The maximum absolute atomic E-state index is 13.4.